The van der Waals surface area contributed by atoms with E-state index in [-0.39, 0.29) is 17.1 Å². The van der Waals surface area contributed by atoms with Gasteiger partial charge in [-0.1, -0.05) is 36.4 Å². The molecule has 0 unspecified atom stereocenters. The van der Waals surface area contributed by atoms with E-state index in [1.807, 2.05) is 0 Å². The molecule has 32 heavy (non-hydrogen) atoms. The molecule has 4 rings (SSSR count). The SMILES string of the molecule is BC(B)(c1ccccc1)S(=O)(=O)OC1=C(N)O[C@](B)(c2ccc3c(c2)OC(F)(F)O3)C1=O. The molecule has 0 radical (unpaired) electrons. The molecule has 0 fully saturated rings. The zero-order chi connectivity index (χ0) is 23.5. The summed E-state index contributed by atoms with van der Waals surface area (Å²) in [5.74, 6) is -2.67. The predicted molar refractivity (Wildman–Crippen MR) is 115 cm³/mol. The number of Topliss-reactive ketones (excluding diaryl/α,β-unsaturated/α-hetero) is 1. The van der Waals surface area contributed by atoms with Crippen LogP contribution in [0.4, 0.5) is 8.78 Å². The zero-order valence-corrected chi connectivity index (χ0v) is 18.0. The molecule has 0 saturated heterocycles. The van der Waals surface area contributed by atoms with Gasteiger partial charge in [-0.05, 0) is 23.3 Å². The third-order valence-electron chi connectivity index (χ3n) is 5.42. The van der Waals surface area contributed by atoms with Gasteiger partial charge in [-0.15, -0.1) is 8.78 Å². The number of hydrogen-bond donors (Lipinski definition) is 1. The largest absolute Gasteiger partial charge is 0.586 e. The van der Waals surface area contributed by atoms with Gasteiger partial charge < -0.3 is 24.1 Å². The van der Waals surface area contributed by atoms with Crippen molar-refractivity contribution in [2.45, 2.75) is 16.3 Å². The van der Waals surface area contributed by atoms with Crippen LogP contribution in [0.25, 0.3) is 0 Å². The summed E-state index contributed by atoms with van der Waals surface area (Å²) in [6, 6.07) is 11.9. The standard InChI is InChI=1S/C18H16B3F2NO7S/c19-16(10-6-7-11-12(8-10)29-18(22,23)28-11)14(25)13(15(24)30-16)31-32(26,27)17(20,21)9-4-2-1-3-5-9/h1-8H,19-21,24H2/t16-/m1/s1. The van der Waals surface area contributed by atoms with Crippen molar-refractivity contribution in [3.63, 3.8) is 0 Å². The fourth-order valence-corrected chi connectivity index (χ4v) is 4.36. The number of hydrogen-bond acceptors (Lipinski definition) is 8. The van der Waals surface area contributed by atoms with E-state index >= 15 is 0 Å². The van der Waals surface area contributed by atoms with Gasteiger partial charge in [0.1, 0.15) is 15.7 Å². The third kappa shape index (κ3) is 3.38. The van der Waals surface area contributed by atoms with Crippen LogP contribution in [-0.2, 0) is 33.9 Å². The Bertz CT molecular complexity index is 1250. The second-order valence-corrected chi connectivity index (χ2v) is 10.00. The normalized spacial score (nSPS) is 22.0. The number of alkyl halides is 2. The van der Waals surface area contributed by atoms with Gasteiger partial charge in [0.25, 0.3) is 0 Å². The summed E-state index contributed by atoms with van der Waals surface area (Å²) in [5.41, 5.74) is 4.49. The number of rotatable bonds is 5. The van der Waals surface area contributed by atoms with Crippen molar-refractivity contribution in [1.29, 1.82) is 0 Å². The number of ether oxygens (including phenoxy) is 3. The maximum Gasteiger partial charge on any atom is 0.586 e. The van der Waals surface area contributed by atoms with Crippen LogP contribution in [0.1, 0.15) is 11.1 Å². The van der Waals surface area contributed by atoms with E-state index in [1.165, 1.54) is 35.7 Å². The molecule has 2 aromatic rings. The van der Waals surface area contributed by atoms with Gasteiger partial charge in [-0.3, -0.25) is 4.79 Å². The molecule has 2 heterocycles. The molecule has 0 spiro atoms. The van der Waals surface area contributed by atoms with Crippen LogP contribution in [0, 0.1) is 0 Å². The van der Waals surface area contributed by atoms with Gasteiger partial charge in [-0.25, -0.2) is 0 Å². The first kappa shape index (κ1) is 22.1. The second-order valence-electron chi connectivity index (χ2n) is 7.90. The number of carbonyl (C=O) groups is 1. The van der Waals surface area contributed by atoms with Crippen LogP contribution in [0.2, 0.25) is 0 Å². The number of nitrogens with two attached hydrogens (primary N) is 1. The molecule has 8 nitrogen and oxygen atoms in total. The molecule has 1 atom stereocenters. The lowest BCUT2D eigenvalue weighted by atomic mass is 9.65. The fourth-order valence-electron chi connectivity index (χ4n) is 3.35. The minimum atomic E-state index is -4.40. The highest BCUT2D eigenvalue weighted by atomic mass is 32.2. The summed E-state index contributed by atoms with van der Waals surface area (Å²) in [5, 5.41) is 0. The van der Waals surface area contributed by atoms with Crippen molar-refractivity contribution in [2.24, 2.45) is 5.73 Å². The number of fused-ring (bicyclic) bond motifs is 1. The van der Waals surface area contributed by atoms with Crippen molar-refractivity contribution in [3.8, 4) is 11.5 Å². The highest BCUT2D eigenvalue weighted by Gasteiger charge is 2.52. The van der Waals surface area contributed by atoms with Crippen molar-refractivity contribution < 1.29 is 40.4 Å². The van der Waals surface area contributed by atoms with Gasteiger partial charge in [0.05, 0.1) is 4.55 Å². The summed E-state index contributed by atoms with van der Waals surface area (Å²) in [7, 11) is -0.248. The zero-order valence-electron chi connectivity index (χ0n) is 17.2. The molecule has 0 amide bonds. The molecule has 2 aliphatic rings. The molecule has 0 aliphatic carbocycles. The van der Waals surface area contributed by atoms with E-state index < -0.39 is 43.9 Å². The quantitative estimate of drug-likeness (QED) is 0.444. The predicted octanol–water partition coefficient (Wildman–Crippen LogP) is -1.06. The van der Waals surface area contributed by atoms with Crippen molar-refractivity contribution in [3.05, 3.63) is 71.3 Å². The molecule has 0 saturated carbocycles. The van der Waals surface area contributed by atoms with Gasteiger partial charge in [0, 0.05) is 0 Å². The monoisotopic (exact) mass is 461 g/mol. The summed E-state index contributed by atoms with van der Waals surface area (Å²) >= 11 is 0. The van der Waals surface area contributed by atoms with E-state index in [4.69, 9.17) is 14.7 Å². The molecule has 2 N–H and O–H groups in total. The molecule has 0 bridgehead atoms. The summed E-state index contributed by atoms with van der Waals surface area (Å²) in [6.45, 7) is 0. The lowest BCUT2D eigenvalue weighted by Gasteiger charge is -2.26. The minimum absolute atomic E-state index is 0.0869. The Morgan fingerprint density at radius 3 is 2.28 bits per heavy atom. The fraction of sp³-hybridized carbons (Fsp3) is 0.167. The first-order chi connectivity index (χ1) is 14.8. The number of benzene rings is 2. The van der Waals surface area contributed by atoms with Gasteiger partial charge in [0.15, 0.2) is 24.8 Å². The molecule has 2 aromatic carbocycles. The molecule has 0 aromatic heterocycles. The Labute approximate surface area is 185 Å². The van der Waals surface area contributed by atoms with Crippen LogP contribution >= 0.6 is 0 Å². The van der Waals surface area contributed by atoms with E-state index in [0.717, 1.165) is 6.07 Å². The van der Waals surface area contributed by atoms with E-state index in [0.29, 0.717) is 5.56 Å². The van der Waals surface area contributed by atoms with E-state index in [1.54, 1.807) is 30.3 Å². The van der Waals surface area contributed by atoms with Crippen molar-refractivity contribution in [2.75, 3.05) is 0 Å². The lowest BCUT2D eigenvalue weighted by Crippen LogP contribution is -2.40. The molecule has 164 valence electrons. The Morgan fingerprint density at radius 2 is 1.62 bits per heavy atom. The maximum absolute atomic E-state index is 13.3. The van der Waals surface area contributed by atoms with Crippen molar-refractivity contribution in [1.82, 2.24) is 0 Å². The van der Waals surface area contributed by atoms with Crippen LogP contribution in [0.5, 0.6) is 11.5 Å². The summed E-state index contributed by atoms with van der Waals surface area (Å²) in [4.78, 5) is 13.1. The summed E-state index contributed by atoms with van der Waals surface area (Å²) in [6.07, 6.45) is -3.84. The smallest absolute Gasteiger partial charge is 0.467 e. The Kier molecular flexibility index (Phi) is 4.78. The van der Waals surface area contributed by atoms with E-state index in [2.05, 4.69) is 9.47 Å². The van der Waals surface area contributed by atoms with Crippen LogP contribution in [0.3, 0.4) is 0 Å². The van der Waals surface area contributed by atoms with E-state index in [9.17, 15) is 22.0 Å². The van der Waals surface area contributed by atoms with Crippen molar-refractivity contribution >= 4 is 39.4 Å². The Morgan fingerprint density at radius 1 is 1.00 bits per heavy atom. The Hall–Kier alpha value is -3.15. The lowest BCUT2D eigenvalue weighted by molar-refractivity contribution is -0.286. The maximum atomic E-state index is 13.3. The average molecular weight is 461 g/mol. The van der Waals surface area contributed by atoms with Gasteiger partial charge in [-0.2, -0.15) is 8.42 Å². The highest BCUT2D eigenvalue weighted by molar-refractivity contribution is 7.90. The van der Waals surface area contributed by atoms with Crippen LogP contribution in [0.15, 0.2) is 60.2 Å². The second kappa shape index (κ2) is 6.93. The number of halogens is 2. The number of ketones is 1. The van der Waals surface area contributed by atoms with Gasteiger partial charge in [0.2, 0.25) is 17.4 Å². The first-order valence-electron chi connectivity index (χ1n) is 9.40. The van der Waals surface area contributed by atoms with Gasteiger partial charge >= 0.3 is 16.4 Å². The minimum Gasteiger partial charge on any atom is -0.467 e. The van der Waals surface area contributed by atoms with Crippen LogP contribution < -0.4 is 15.2 Å². The molecule has 14 heteroatoms. The highest BCUT2D eigenvalue weighted by Crippen LogP contribution is 2.45. The average Bonchev–Trinajstić information content (AvgIpc) is 3.14. The third-order valence-corrected chi connectivity index (χ3v) is 7.29. The summed E-state index contributed by atoms with van der Waals surface area (Å²) < 4.78 is 70.6. The topological polar surface area (TPSA) is 114 Å². The first-order valence-corrected chi connectivity index (χ1v) is 10.8. The number of carbonyl (C=O) groups excluding carboxylic acids is 1. The molecular formula is C18H16B3F2NO7S. The van der Waals surface area contributed by atoms with Crippen LogP contribution in [-0.4, -0.2) is 44.0 Å². The molecule has 2 aliphatic heterocycles. The Balaban J connectivity index is 1.63. The molecular weight excluding hydrogens is 445 g/mol.